The summed E-state index contributed by atoms with van der Waals surface area (Å²) >= 11 is 5.00. The van der Waals surface area contributed by atoms with Gasteiger partial charge >= 0.3 is 0 Å². The highest BCUT2D eigenvalue weighted by Gasteiger charge is 2.10. The molecule has 0 fully saturated rings. The normalized spacial score (nSPS) is 10.6. The maximum absolute atomic E-state index is 5.67. The number of rotatable bonds is 7. The molecule has 5 heteroatoms. The van der Waals surface area contributed by atoms with Gasteiger partial charge in [-0.2, -0.15) is 5.06 Å². The van der Waals surface area contributed by atoms with Crippen molar-refractivity contribution in [3.63, 3.8) is 0 Å². The quantitative estimate of drug-likeness (QED) is 0.604. The van der Waals surface area contributed by atoms with Crippen LogP contribution in [-0.2, 0) is 4.84 Å². The number of thiocarbonyl (C=S) groups is 1. The van der Waals surface area contributed by atoms with E-state index in [0.717, 1.165) is 25.3 Å². The Morgan fingerprint density at radius 1 is 1.22 bits per heavy atom. The lowest BCUT2D eigenvalue weighted by Crippen LogP contribution is -2.38. The summed E-state index contributed by atoms with van der Waals surface area (Å²) in [5, 5.41) is 1.72. The number of hydrogen-bond donors (Lipinski definition) is 1. The largest absolute Gasteiger partial charge is 0.374 e. The first-order valence-electron chi connectivity index (χ1n) is 6.18. The van der Waals surface area contributed by atoms with Crippen LogP contribution in [0.4, 0.5) is 5.69 Å². The minimum atomic E-state index is 0.223. The highest BCUT2D eigenvalue weighted by molar-refractivity contribution is 7.80. The molecule has 1 aromatic rings. The van der Waals surface area contributed by atoms with Gasteiger partial charge in [0.05, 0.1) is 12.3 Å². The molecule has 0 unspecified atom stereocenters. The minimum Gasteiger partial charge on any atom is -0.374 e. The van der Waals surface area contributed by atoms with Crippen LogP contribution in [0.2, 0.25) is 0 Å². The molecule has 0 spiro atoms. The van der Waals surface area contributed by atoms with E-state index in [9.17, 15) is 0 Å². The number of benzene rings is 1. The molecule has 0 saturated heterocycles. The minimum absolute atomic E-state index is 0.223. The molecular formula is C13H21N3OS. The van der Waals surface area contributed by atoms with Gasteiger partial charge in [0, 0.05) is 6.54 Å². The van der Waals surface area contributed by atoms with Crippen molar-refractivity contribution in [2.45, 2.75) is 13.8 Å². The van der Waals surface area contributed by atoms with E-state index >= 15 is 0 Å². The zero-order valence-corrected chi connectivity index (χ0v) is 11.8. The number of hydrogen-bond acceptors (Lipinski definition) is 3. The molecule has 100 valence electrons. The lowest BCUT2D eigenvalue weighted by atomic mass is 10.3. The molecular weight excluding hydrogens is 246 g/mol. The Labute approximate surface area is 114 Å². The average molecular weight is 267 g/mol. The first-order valence-corrected chi connectivity index (χ1v) is 6.59. The molecule has 2 N–H and O–H groups in total. The second-order valence-corrected chi connectivity index (χ2v) is 4.25. The smallest absolute Gasteiger partial charge is 0.195 e. The van der Waals surface area contributed by atoms with Gasteiger partial charge in [0.15, 0.2) is 5.11 Å². The van der Waals surface area contributed by atoms with Gasteiger partial charge in [-0.05, 0) is 37.4 Å². The van der Waals surface area contributed by atoms with E-state index < -0.39 is 0 Å². The second kappa shape index (κ2) is 8.02. The summed E-state index contributed by atoms with van der Waals surface area (Å²) < 4.78 is 0. The Bertz CT molecular complexity index is 355. The summed E-state index contributed by atoms with van der Waals surface area (Å²) in [6.07, 6.45) is 0. The van der Waals surface area contributed by atoms with Crippen LogP contribution >= 0.6 is 12.2 Å². The van der Waals surface area contributed by atoms with Gasteiger partial charge in [0.25, 0.3) is 0 Å². The van der Waals surface area contributed by atoms with E-state index in [1.54, 1.807) is 0 Å². The van der Waals surface area contributed by atoms with Crippen molar-refractivity contribution in [2.24, 2.45) is 5.73 Å². The molecule has 4 nitrogen and oxygen atoms in total. The van der Waals surface area contributed by atoms with Crippen LogP contribution in [0.1, 0.15) is 13.8 Å². The second-order valence-electron chi connectivity index (χ2n) is 3.83. The fraction of sp³-hybridized carbons (Fsp3) is 0.462. The molecule has 0 amide bonds. The maximum atomic E-state index is 5.67. The lowest BCUT2D eigenvalue weighted by molar-refractivity contribution is 0.114. The van der Waals surface area contributed by atoms with E-state index in [1.165, 1.54) is 5.06 Å². The Hall–Kier alpha value is -1.17. The Morgan fingerprint density at radius 2 is 1.83 bits per heavy atom. The standard InChI is InChI=1S/C13H21N3OS/c1-3-15(4-2)10-11-17-16(13(14)18)12-8-6-5-7-9-12/h5-9H,3-4,10-11H2,1-2H3,(H2,14,18). The summed E-state index contributed by atoms with van der Waals surface area (Å²) in [5.41, 5.74) is 6.52. The fourth-order valence-corrected chi connectivity index (χ4v) is 1.79. The Morgan fingerprint density at radius 3 is 2.33 bits per heavy atom. The first kappa shape index (κ1) is 14.9. The van der Waals surface area contributed by atoms with Gasteiger partial charge in [-0.3, -0.25) is 4.84 Å². The van der Waals surface area contributed by atoms with E-state index in [2.05, 4.69) is 18.7 Å². The Kier molecular flexibility index (Phi) is 6.64. The molecule has 0 saturated carbocycles. The predicted octanol–water partition coefficient (Wildman–Crippen LogP) is 2.01. The number of likely N-dealkylation sites (N-methyl/N-ethyl adjacent to an activating group) is 1. The van der Waals surface area contributed by atoms with Crippen LogP contribution in [-0.4, -0.2) is 36.3 Å². The first-order chi connectivity index (χ1) is 8.69. The third-order valence-corrected chi connectivity index (χ3v) is 2.88. The van der Waals surface area contributed by atoms with Crippen molar-refractivity contribution < 1.29 is 4.84 Å². The van der Waals surface area contributed by atoms with Crippen LogP contribution in [0.3, 0.4) is 0 Å². The highest BCUT2D eigenvalue weighted by Crippen LogP contribution is 2.13. The van der Waals surface area contributed by atoms with Crippen LogP contribution in [0.25, 0.3) is 0 Å². The molecule has 18 heavy (non-hydrogen) atoms. The molecule has 0 radical (unpaired) electrons. The van der Waals surface area contributed by atoms with Gasteiger partial charge in [0.1, 0.15) is 0 Å². The molecule has 0 atom stereocenters. The van der Waals surface area contributed by atoms with Crippen molar-refractivity contribution in [3.05, 3.63) is 30.3 Å². The topological polar surface area (TPSA) is 41.7 Å². The molecule has 0 aliphatic rings. The van der Waals surface area contributed by atoms with Gasteiger partial charge in [-0.25, -0.2) is 0 Å². The van der Waals surface area contributed by atoms with Gasteiger partial charge in [0.2, 0.25) is 0 Å². The zero-order valence-electron chi connectivity index (χ0n) is 11.0. The van der Waals surface area contributed by atoms with Crippen LogP contribution < -0.4 is 10.8 Å². The summed E-state index contributed by atoms with van der Waals surface area (Å²) in [6.45, 7) is 7.71. The van der Waals surface area contributed by atoms with Crippen molar-refractivity contribution in [3.8, 4) is 0 Å². The number of para-hydroxylation sites is 1. The monoisotopic (exact) mass is 267 g/mol. The molecule has 0 heterocycles. The number of hydroxylamine groups is 1. The Balaban J connectivity index is 2.52. The maximum Gasteiger partial charge on any atom is 0.195 e. The summed E-state index contributed by atoms with van der Waals surface area (Å²) in [4.78, 5) is 7.93. The summed E-state index contributed by atoms with van der Waals surface area (Å²) in [6, 6.07) is 9.62. The third-order valence-electron chi connectivity index (χ3n) is 2.71. The molecule has 0 aromatic heterocycles. The lowest BCUT2D eigenvalue weighted by Gasteiger charge is -2.24. The van der Waals surface area contributed by atoms with Gasteiger partial charge < -0.3 is 10.6 Å². The highest BCUT2D eigenvalue weighted by atomic mass is 32.1. The van der Waals surface area contributed by atoms with Crippen LogP contribution in [0.15, 0.2) is 30.3 Å². The molecule has 1 rings (SSSR count). The van der Waals surface area contributed by atoms with E-state index in [1.807, 2.05) is 30.3 Å². The number of nitrogens with zero attached hydrogens (tertiary/aromatic N) is 2. The summed E-state index contributed by atoms with van der Waals surface area (Å²) in [5.74, 6) is 0. The molecule has 0 aliphatic carbocycles. The predicted molar refractivity (Wildman–Crippen MR) is 79.4 cm³/mol. The van der Waals surface area contributed by atoms with Crippen molar-refractivity contribution >= 4 is 23.0 Å². The molecule has 0 aliphatic heterocycles. The van der Waals surface area contributed by atoms with Crippen LogP contribution in [0.5, 0.6) is 0 Å². The van der Waals surface area contributed by atoms with E-state index in [-0.39, 0.29) is 5.11 Å². The van der Waals surface area contributed by atoms with Crippen molar-refractivity contribution in [2.75, 3.05) is 31.3 Å². The van der Waals surface area contributed by atoms with Crippen molar-refractivity contribution in [1.82, 2.24) is 4.90 Å². The third kappa shape index (κ3) is 4.60. The van der Waals surface area contributed by atoms with Gasteiger partial charge in [-0.15, -0.1) is 0 Å². The summed E-state index contributed by atoms with van der Waals surface area (Å²) in [7, 11) is 0. The number of anilines is 1. The SMILES string of the molecule is CCN(CC)CCON(C(N)=S)c1ccccc1. The van der Waals surface area contributed by atoms with Crippen LogP contribution in [0, 0.1) is 0 Å². The number of nitrogens with two attached hydrogens (primary N) is 1. The average Bonchev–Trinajstić information content (AvgIpc) is 2.39. The fourth-order valence-electron chi connectivity index (χ4n) is 1.63. The van der Waals surface area contributed by atoms with Gasteiger partial charge in [-0.1, -0.05) is 32.0 Å². The zero-order chi connectivity index (χ0) is 13.4. The van der Waals surface area contributed by atoms with E-state index in [0.29, 0.717) is 6.61 Å². The molecule has 0 bridgehead atoms. The van der Waals surface area contributed by atoms with E-state index in [4.69, 9.17) is 22.8 Å². The molecule has 1 aromatic carbocycles. The van der Waals surface area contributed by atoms with Crippen molar-refractivity contribution in [1.29, 1.82) is 0 Å².